The summed E-state index contributed by atoms with van der Waals surface area (Å²) in [6, 6.07) is 8.28. The van der Waals surface area contributed by atoms with Crippen LogP contribution in [0.15, 0.2) is 24.3 Å². The molecule has 2 atom stereocenters. The lowest BCUT2D eigenvalue weighted by Gasteiger charge is -2.27. The van der Waals surface area contributed by atoms with Crippen molar-refractivity contribution in [1.82, 2.24) is 4.90 Å². The standard InChI is InChI=1S/C14H20N2O/c1-3-7-16-13(17)9-12(15)14(16)11-6-4-5-10(2)8-11/h4-6,8,12,14H,3,7,9,15H2,1-2H3. The Labute approximate surface area is 103 Å². The summed E-state index contributed by atoms with van der Waals surface area (Å²) in [5.74, 6) is 0.186. The summed E-state index contributed by atoms with van der Waals surface area (Å²) in [4.78, 5) is 13.8. The first-order chi connectivity index (χ1) is 8.13. The quantitative estimate of drug-likeness (QED) is 0.866. The highest BCUT2D eigenvalue weighted by atomic mass is 16.2. The van der Waals surface area contributed by atoms with Crippen LogP contribution in [-0.2, 0) is 4.79 Å². The van der Waals surface area contributed by atoms with Crippen LogP contribution in [-0.4, -0.2) is 23.4 Å². The molecule has 1 aliphatic rings. The molecule has 1 amide bonds. The number of rotatable bonds is 3. The van der Waals surface area contributed by atoms with Gasteiger partial charge in [-0.05, 0) is 18.9 Å². The fourth-order valence-electron chi connectivity index (χ4n) is 2.60. The Bertz CT molecular complexity index is 416. The number of carbonyl (C=O) groups is 1. The molecule has 1 aliphatic heterocycles. The number of aryl methyl sites for hydroxylation is 1. The smallest absolute Gasteiger partial charge is 0.224 e. The molecule has 0 spiro atoms. The van der Waals surface area contributed by atoms with Crippen LogP contribution in [0.4, 0.5) is 0 Å². The van der Waals surface area contributed by atoms with Gasteiger partial charge in [0.2, 0.25) is 5.91 Å². The van der Waals surface area contributed by atoms with Crippen LogP contribution in [0, 0.1) is 6.92 Å². The normalized spacial score (nSPS) is 24.4. The van der Waals surface area contributed by atoms with E-state index in [4.69, 9.17) is 5.73 Å². The van der Waals surface area contributed by atoms with Crippen molar-refractivity contribution < 1.29 is 4.79 Å². The Morgan fingerprint density at radius 2 is 2.24 bits per heavy atom. The van der Waals surface area contributed by atoms with Crippen LogP contribution in [0.1, 0.15) is 36.9 Å². The van der Waals surface area contributed by atoms with Crippen LogP contribution >= 0.6 is 0 Å². The van der Waals surface area contributed by atoms with Crippen LogP contribution in [0.25, 0.3) is 0 Å². The van der Waals surface area contributed by atoms with Crippen molar-refractivity contribution in [3.05, 3.63) is 35.4 Å². The molecule has 2 rings (SSSR count). The molecule has 1 saturated heterocycles. The minimum Gasteiger partial charge on any atom is -0.334 e. The molecule has 1 aromatic carbocycles. The number of nitrogens with two attached hydrogens (primary N) is 1. The molecule has 3 heteroatoms. The molecule has 2 unspecified atom stereocenters. The van der Waals surface area contributed by atoms with E-state index >= 15 is 0 Å². The van der Waals surface area contributed by atoms with Crippen LogP contribution in [0.5, 0.6) is 0 Å². The maximum Gasteiger partial charge on any atom is 0.224 e. The number of nitrogens with zero attached hydrogens (tertiary/aromatic N) is 1. The minimum absolute atomic E-state index is 0.0577. The molecule has 0 saturated carbocycles. The van der Waals surface area contributed by atoms with Gasteiger partial charge in [-0.2, -0.15) is 0 Å². The van der Waals surface area contributed by atoms with Gasteiger partial charge < -0.3 is 10.6 Å². The van der Waals surface area contributed by atoms with Gasteiger partial charge in [-0.25, -0.2) is 0 Å². The second-order valence-electron chi connectivity index (χ2n) is 4.81. The number of amides is 1. The second-order valence-corrected chi connectivity index (χ2v) is 4.81. The van der Waals surface area contributed by atoms with Gasteiger partial charge in [-0.15, -0.1) is 0 Å². The number of likely N-dealkylation sites (tertiary alicyclic amines) is 1. The molecule has 3 nitrogen and oxygen atoms in total. The zero-order chi connectivity index (χ0) is 12.4. The fourth-order valence-corrected chi connectivity index (χ4v) is 2.60. The average molecular weight is 232 g/mol. The highest BCUT2D eigenvalue weighted by Gasteiger charge is 2.37. The molecular formula is C14H20N2O. The third-order valence-electron chi connectivity index (χ3n) is 3.32. The van der Waals surface area contributed by atoms with Gasteiger partial charge in [0.05, 0.1) is 6.04 Å². The van der Waals surface area contributed by atoms with Gasteiger partial charge in [0.15, 0.2) is 0 Å². The van der Waals surface area contributed by atoms with Crippen LogP contribution < -0.4 is 5.73 Å². The molecule has 1 aromatic rings. The maximum absolute atomic E-state index is 11.9. The summed E-state index contributed by atoms with van der Waals surface area (Å²) in [5, 5.41) is 0. The molecule has 0 bridgehead atoms. The van der Waals surface area contributed by atoms with Crippen molar-refractivity contribution in [3.8, 4) is 0 Å². The summed E-state index contributed by atoms with van der Waals surface area (Å²) >= 11 is 0. The van der Waals surface area contributed by atoms with Gasteiger partial charge >= 0.3 is 0 Å². The lowest BCUT2D eigenvalue weighted by Crippen LogP contribution is -2.33. The summed E-state index contributed by atoms with van der Waals surface area (Å²) in [6.45, 7) is 4.95. The number of hydrogen-bond donors (Lipinski definition) is 1. The molecule has 2 N–H and O–H groups in total. The number of hydrogen-bond acceptors (Lipinski definition) is 2. The highest BCUT2D eigenvalue weighted by Crippen LogP contribution is 2.32. The van der Waals surface area contributed by atoms with Crippen molar-refractivity contribution in [2.45, 2.75) is 38.8 Å². The second kappa shape index (κ2) is 4.88. The van der Waals surface area contributed by atoms with E-state index in [-0.39, 0.29) is 18.0 Å². The number of benzene rings is 1. The predicted molar refractivity (Wildman–Crippen MR) is 68.5 cm³/mol. The van der Waals surface area contributed by atoms with Gasteiger partial charge in [0.25, 0.3) is 0 Å². The lowest BCUT2D eigenvalue weighted by molar-refractivity contribution is -0.129. The molecule has 17 heavy (non-hydrogen) atoms. The third-order valence-corrected chi connectivity index (χ3v) is 3.32. The van der Waals surface area contributed by atoms with Gasteiger partial charge in [-0.1, -0.05) is 36.8 Å². The Hall–Kier alpha value is -1.35. The molecule has 0 radical (unpaired) electrons. The van der Waals surface area contributed by atoms with E-state index in [2.05, 4.69) is 32.0 Å². The molecular weight excluding hydrogens is 212 g/mol. The van der Waals surface area contributed by atoms with Crippen molar-refractivity contribution in [1.29, 1.82) is 0 Å². The van der Waals surface area contributed by atoms with Crippen LogP contribution in [0.2, 0.25) is 0 Å². The highest BCUT2D eigenvalue weighted by molar-refractivity contribution is 5.80. The molecule has 0 aliphatic carbocycles. The topological polar surface area (TPSA) is 46.3 Å². The zero-order valence-corrected chi connectivity index (χ0v) is 10.5. The van der Waals surface area contributed by atoms with Crippen molar-refractivity contribution >= 4 is 5.91 Å². The fraction of sp³-hybridized carbons (Fsp3) is 0.500. The summed E-state index contributed by atoms with van der Waals surface area (Å²) in [5.41, 5.74) is 8.49. The number of carbonyl (C=O) groups excluding carboxylic acids is 1. The summed E-state index contributed by atoms with van der Waals surface area (Å²) < 4.78 is 0. The average Bonchev–Trinajstić information content (AvgIpc) is 2.54. The first-order valence-corrected chi connectivity index (χ1v) is 6.25. The molecule has 1 heterocycles. The van der Waals surface area contributed by atoms with Crippen molar-refractivity contribution in [3.63, 3.8) is 0 Å². The summed E-state index contributed by atoms with van der Waals surface area (Å²) in [7, 11) is 0. The Morgan fingerprint density at radius 1 is 1.47 bits per heavy atom. The van der Waals surface area contributed by atoms with Crippen LogP contribution in [0.3, 0.4) is 0 Å². The molecule has 1 fully saturated rings. The SMILES string of the molecule is CCCN1C(=O)CC(N)C1c1cccc(C)c1. The molecule has 0 aromatic heterocycles. The zero-order valence-electron chi connectivity index (χ0n) is 10.5. The van der Waals surface area contributed by atoms with Gasteiger partial charge in [0.1, 0.15) is 0 Å². The van der Waals surface area contributed by atoms with E-state index in [0.717, 1.165) is 18.5 Å². The first kappa shape index (κ1) is 12.1. The van der Waals surface area contributed by atoms with E-state index in [1.54, 1.807) is 0 Å². The van der Waals surface area contributed by atoms with E-state index in [1.807, 2.05) is 11.0 Å². The largest absolute Gasteiger partial charge is 0.334 e. The third kappa shape index (κ3) is 2.34. The Morgan fingerprint density at radius 3 is 2.88 bits per heavy atom. The van der Waals surface area contributed by atoms with Crippen molar-refractivity contribution in [2.75, 3.05) is 6.54 Å². The summed E-state index contributed by atoms with van der Waals surface area (Å²) in [6.07, 6.45) is 1.44. The van der Waals surface area contributed by atoms with E-state index in [0.29, 0.717) is 6.42 Å². The minimum atomic E-state index is -0.0733. The molecule has 92 valence electrons. The maximum atomic E-state index is 11.9. The first-order valence-electron chi connectivity index (χ1n) is 6.25. The van der Waals surface area contributed by atoms with Gasteiger partial charge in [0, 0.05) is 19.0 Å². The lowest BCUT2D eigenvalue weighted by atomic mass is 9.99. The van der Waals surface area contributed by atoms with Gasteiger partial charge in [-0.3, -0.25) is 4.79 Å². The van der Waals surface area contributed by atoms with E-state index in [9.17, 15) is 4.79 Å². The van der Waals surface area contributed by atoms with E-state index in [1.165, 1.54) is 5.56 Å². The monoisotopic (exact) mass is 232 g/mol. The predicted octanol–water partition coefficient (Wildman–Crippen LogP) is 2.01. The van der Waals surface area contributed by atoms with Crippen molar-refractivity contribution in [2.24, 2.45) is 5.73 Å². The Kier molecular flexibility index (Phi) is 3.48. The van der Waals surface area contributed by atoms with E-state index < -0.39 is 0 Å². The Balaban J connectivity index is 2.31.